The van der Waals surface area contributed by atoms with Crippen molar-refractivity contribution in [3.05, 3.63) is 33.9 Å². The van der Waals surface area contributed by atoms with Crippen molar-refractivity contribution in [2.45, 2.75) is 17.9 Å². The molecule has 1 aromatic rings. The van der Waals surface area contributed by atoms with E-state index < -0.39 is 20.9 Å². The zero-order valence-corrected chi connectivity index (χ0v) is 12.2. The molecule has 6 nitrogen and oxygen atoms in total. The standard InChI is InChI=1S/C11H15NO5S2/c1-8(13)9-3-4-11(10(7-9)12(14)15)18-5-6-19(2,16)17/h3-4,7-8,13H,5-6H2,1-2H3/t8-/m1/s1. The minimum absolute atomic E-state index is 0.0347. The Labute approximate surface area is 115 Å². The molecule has 0 radical (unpaired) electrons. The number of nitro benzene ring substituents is 1. The summed E-state index contributed by atoms with van der Waals surface area (Å²) in [5, 5.41) is 20.3. The van der Waals surface area contributed by atoms with Crippen LogP contribution in [-0.2, 0) is 9.84 Å². The Morgan fingerprint density at radius 1 is 1.47 bits per heavy atom. The molecular weight excluding hydrogens is 290 g/mol. The molecule has 0 fully saturated rings. The van der Waals surface area contributed by atoms with Crippen molar-refractivity contribution in [3.8, 4) is 0 Å². The lowest BCUT2D eigenvalue weighted by molar-refractivity contribution is -0.387. The van der Waals surface area contributed by atoms with Crippen molar-refractivity contribution in [2.24, 2.45) is 0 Å². The number of nitro groups is 1. The van der Waals surface area contributed by atoms with Gasteiger partial charge in [-0.25, -0.2) is 8.42 Å². The predicted molar refractivity (Wildman–Crippen MR) is 74.2 cm³/mol. The maximum Gasteiger partial charge on any atom is 0.283 e. The summed E-state index contributed by atoms with van der Waals surface area (Å²) in [5.74, 6) is 0.223. The van der Waals surface area contributed by atoms with Gasteiger partial charge in [0.25, 0.3) is 5.69 Å². The Kier molecular flexibility index (Phi) is 5.33. The van der Waals surface area contributed by atoms with E-state index in [0.29, 0.717) is 10.5 Å². The molecule has 0 saturated carbocycles. The van der Waals surface area contributed by atoms with Gasteiger partial charge in [0.1, 0.15) is 9.84 Å². The number of hydrogen-bond acceptors (Lipinski definition) is 6. The van der Waals surface area contributed by atoms with Gasteiger partial charge in [0.2, 0.25) is 0 Å². The second-order valence-corrected chi connectivity index (χ2v) is 7.54. The molecule has 0 spiro atoms. The van der Waals surface area contributed by atoms with Crippen molar-refractivity contribution in [1.82, 2.24) is 0 Å². The highest BCUT2D eigenvalue weighted by atomic mass is 32.2. The summed E-state index contributed by atoms with van der Waals surface area (Å²) in [4.78, 5) is 10.8. The lowest BCUT2D eigenvalue weighted by atomic mass is 10.1. The zero-order valence-electron chi connectivity index (χ0n) is 10.6. The Hall–Kier alpha value is -1.12. The summed E-state index contributed by atoms with van der Waals surface area (Å²) in [6, 6.07) is 4.45. The van der Waals surface area contributed by atoms with E-state index in [2.05, 4.69) is 0 Å². The molecule has 0 amide bonds. The highest BCUT2D eigenvalue weighted by Crippen LogP contribution is 2.31. The van der Waals surface area contributed by atoms with Crippen LogP contribution in [0.2, 0.25) is 0 Å². The lowest BCUT2D eigenvalue weighted by Gasteiger charge is -2.07. The molecule has 0 aliphatic heterocycles. The number of thioether (sulfide) groups is 1. The maximum atomic E-state index is 11.0. The minimum Gasteiger partial charge on any atom is -0.389 e. The Morgan fingerprint density at radius 2 is 2.11 bits per heavy atom. The van der Waals surface area contributed by atoms with Crippen LogP contribution in [0.4, 0.5) is 5.69 Å². The molecule has 0 aliphatic rings. The van der Waals surface area contributed by atoms with Crippen LogP contribution in [0.15, 0.2) is 23.1 Å². The number of rotatable bonds is 6. The summed E-state index contributed by atoms with van der Waals surface area (Å²) in [6.07, 6.45) is 0.340. The normalized spacial score (nSPS) is 13.2. The number of aliphatic hydroxyl groups is 1. The second-order valence-electron chi connectivity index (χ2n) is 4.14. The highest BCUT2D eigenvalue weighted by Gasteiger charge is 2.17. The van der Waals surface area contributed by atoms with Gasteiger partial charge in [0.15, 0.2) is 0 Å². The number of sulfone groups is 1. The van der Waals surface area contributed by atoms with Crippen LogP contribution >= 0.6 is 11.8 Å². The molecule has 0 heterocycles. The first-order chi connectivity index (χ1) is 8.70. The average Bonchev–Trinajstić information content (AvgIpc) is 2.27. The molecule has 0 aliphatic carbocycles. The smallest absolute Gasteiger partial charge is 0.283 e. The van der Waals surface area contributed by atoms with E-state index in [1.54, 1.807) is 6.07 Å². The van der Waals surface area contributed by atoms with Crippen molar-refractivity contribution < 1.29 is 18.4 Å². The number of hydrogen-bond donors (Lipinski definition) is 1. The number of aliphatic hydroxyl groups excluding tert-OH is 1. The van der Waals surface area contributed by atoms with Gasteiger partial charge < -0.3 is 5.11 Å². The van der Waals surface area contributed by atoms with Gasteiger partial charge >= 0.3 is 0 Å². The quantitative estimate of drug-likeness (QED) is 0.489. The SMILES string of the molecule is C[C@@H](O)c1ccc(SCCS(C)(=O)=O)c([N+](=O)[O-])c1. The first kappa shape index (κ1) is 15.9. The van der Waals surface area contributed by atoms with E-state index in [0.717, 1.165) is 18.0 Å². The van der Waals surface area contributed by atoms with Crippen molar-refractivity contribution in [3.63, 3.8) is 0 Å². The van der Waals surface area contributed by atoms with Gasteiger partial charge in [-0.05, 0) is 18.6 Å². The van der Waals surface area contributed by atoms with Gasteiger partial charge in [-0.2, -0.15) is 0 Å². The maximum absolute atomic E-state index is 11.0. The van der Waals surface area contributed by atoms with Crippen LogP contribution in [-0.4, -0.2) is 36.2 Å². The van der Waals surface area contributed by atoms with E-state index in [9.17, 15) is 23.6 Å². The summed E-state index contributed by atoms with van der Waals surface area (Å²) in [7, 11) is -3.08. The molecule has 0 unspecified atom stereocenters. The third kappa shape index (κ3) is 5.17. The highest BCUT2D eigenvalue weighted by molar-refractivity contribution is 8.00. The molecule has 19 heavy (non-hydrogen) atoms. The Balaban J connectivity index is 2.91. The van der Waals surface area contributed by atoms with E-state index in [1.165, 1.54) is 19.1 Å². The average molecular weight is 305 g/mol. The zero-order chi connectivity index (χ0) is 14.6. The van der Waals surface area contributed by atoms with Crippen LogP contribution in [0, 0.1) is 10.1 Å². The Bertz CT molecular complexity index is 568. The third-order valence-electron chi connectivity index (χ3n) is 2.37. The summed E-state index contributed by atoms with van der Waals surface area (Å²) >= 11 is 1.12. The fourth-order valence-corrected chi connectivity index (χ4v) is 3.57. The van der Waals surface area contributed by atoms with E-state index in [4.69, 9.17) is 0 Å². The lowest BCUT2D eigenvalue weighted by Crippen LogP contribution is -2.05. The van der Waals surface area contributed by atoms with Crippen LogP contribution < -0.4 is 0 Å². The first-order valence-electron chi connectivity index (χ1n) is 5.47. The fourth-order valence-electron chi connectivity index (χ4n) is 1.36. The summed E-state index contributed by atoms with van der Waals surface area (Å²) in [5.41, 5.74) is 0.344. The molecule has 8 heteroatoms. The van der Waals surface area contributed by atoms with Gasteiger partial charge in [0.05, 0.1) is 21.7 Å². The molecule has 1 aromatic carbocycles. The van der Waals surface area contributed by atoms with Gasteiger partial charge in [-0.15, -0.1) is 11.8 Å². The molecule has 1 N–H and O–H groups in total. The van der Waals surface area contributed by atoms with Gasteiger partial charge in [0, 0.05) is 18.1 Å². The largest absolute Gasteiger partial charge is 0.389 e. The van der Waals surface area contributed by atoms with Crippen LogP contribution in [0.1, 0.15) is 18.6 Å². The predicted octanol–water partition coefficient (Wildman–Crippen LogP) is 1.78. The number of benzene rings is 1. The summed E-state index contributed by atoms with van der Waals surface area (Å²) < 4.78 is 22.0. The Morgan fingerprint density at radius 3 is 2.58 bits per heavy atom. The molecule has 1 rings (SSSR count). The fraction of sp³-hybridized carbons (Fsp3) is 0.455. The van der Waals surface area contributed by atoms with Crippen LogP contribution in [0.25, 0.3) is 0 Å². The molecule has 106 valence electrons. The topological polar surface area (TPSA) is 97.5 Å². The van der Waals surface area contributed by atoms with Crippen molar-refractivity contribution in [1.29, 1.82) is 0 Å². The van der Waals surface area contributed by atoms with E-state index in [1.807, 2.05) is 0 Å². The van der Waals surface area contributed by atoms with Gasteiger partial charge in [-0.3, -0.25) is 10.1 Å². The van der Waals surface area contributed by atoms with E-state index >= 15 is 0 Å². The molecule has 0 bridgehead atoms. The molecule has 0 aromatic heterocycles. The van der Waals surface area contributed by atoms with Crippen molar-refractivity contribution >= 4 is 27.3 Å². The van der Waals surface area contributed by atoms with Crippen LogP contribution in [0.5, 0.6) is 0 Å². The third-order valence-corrected chi connectivity index (χ3v) is 4.64. The molecule has 1 atom stereocenters. The van der Waals surface area contributed by atoms with E-state index in [-0.39, 0.29) is 17.2 Å². The van der Waals surface area contributed by atoms with Gasteiger partial charge in [-0.1, -0.05) is 6.07 Å². The minimum atomic E-state index is -3.08. The van der Waals surface area contributed by atoms with Crippen molar-refractivity contribution in [2.75, 3.05) is 17.8 Å². The first-order valence-corrected chi connectivity index (χ1v) is 8.52. The monoisotopic (exact) mass is 305 g/mol. The second kappa shape index (κ2) is 6.36. The summed E-state index contributed by atoms with van der Waals surface area (Å²) in [6.45, 7) is 1.52. The molecule has 0 saturated heterocycles. The molecular formula is C11H15NO5S2. The number of nitrogens with zero attached hydrogens (tertiary/aromatic N) is 1. The van der Waals surface area contributed by atoms with Crippen LogP contribution in [0.3, 0.4) is 0 Å².